The fourth-order valence-corrected chi connectivity index (χ4v) is 3.68. The molecule has 0 amide bonds. The van der Waals surface area contributed by atoms with Crippen LogP contribution >= 0.6 is 0 Å². The van der Waals surface area contributed by atoms with Crippen LogP contribution in [0.5, 0.6) is 0 Å². The maximum Gasteiger partial charge on any atom is 0.280 e. The van der Waals surface area contributed by atoms with Crippen LogP contribution in [0.25, 0.3) is 22.2 Å². The lowest BCUT2D eigenvalue weighted by Crippen LogP contribution is -2.15. The van der Waals surface area contributed by atoms with Crippen molar-refractivity contribution in [3.63, 3.8) is 0 Å². The molecule has 4 aromatic rings. The van der Waals surface area contributed by atoms with E-state index in [2.05, 4.69) is 29.4 Å². The largest absolute Gasteiger partial charge is 0.280 e. The first-order valence-corrected chi connectivity index (χ1v) is 10.3. The van der Waals surface area contributed by atoms with Gasteiger partial charge in [0.15, 0.2) is 0 Å². The van der Waals surface area contributed by atoms with E-state index >= 15 is 0 Å². The van der Waals surface area contributed by atoms with Gasteiger partial charge < -0.3 is 0 Å². The van der Waals surface area contributed by atoms with Crippen molar-refractivity contribution in [2.45, 2.75) is 39.0 Å². The minimum Gasteiger partial charge on any atom is -0.267 e. The smallest absolute Gasteiger partial charge is 0.267 e. The molecule has 4 heteroatoms. The van der Waals surface area contributed by atoms with Crippen molar-refractivity contribution in [1.82, 2.24) is 15.0 Å². The molecular weight excluding hydrogens is 358 g/mol. The van der Waals surface area contributed by atoms with Gasteiger partial charge in [0, 0.05) is 5.56 Å². The Morgan fingerprint density at radius 1 is 0.897 bits per heavy atom. The van der Waals surface area contributed by atoms with E-state index in [1.807, 2.05) is 60.7 Å². The third-order valence-electron chi connectivity index (χ3n) is 5.26. The summed E-state index contributed by atoms with van der Waals surface area (Å²) in [6, 6.07) is 23.8. The molecule has 0 aliphatic heterocycles. The Balaban J connectivity index is 1.73. The van der Waals surface area contributed by atoms with Crippen LogP contribution in [0.4, 0.5) is 0 Å². The third-order valence-corrected chi connectivity index (χ3v) is 5.26. The van der Waals surface area contributed by atoms with Crippen LogP contribution in [0.3, 0.4) is 0 Å². The molecular formula is C25H25N3O. The zero-order valence-electron chi connectivity index (χ0n) is 16.7. The number of benzene rings is 3. The molecule has 1 heterocycles. The molecule has 0 unspecified atom stereocenters. The number of nitrogens with zero attached hydrogens (tertiary/aromatic N) is 3. The number of carbonyl (C=O) groups is 1. The quantitative estimate of drug-likeness (QED) is 0.373. The molecule has 0 fully saturated rings. The molecule has 146 valence electrons. The van der Waals surface area contributed by atoms with Gasteiger partial charge in [-0.1, -0.05) is 86.0 Å². The Morgan fingerprint density at radius 2 is 1.69 bits per heavy atom. The van der Waals surface area contributed by atoms with Crippen molar-refractivity contribution in [2.75, 3.05) is 0 Å². The molecule has 0 N–H and O–H groups in total. The van der Waals surface area contributed by atoms with Crippen LogP contribution in [0.15, 0.2) is 72.8 Å². The van der Waals surface area contributed by atoms with Crippen LogP contribution < -0.4 is 0 Å². The summed E-state index contributed by atoms with van der Waals surface area (Å²) in [6.07, 6.45) is 5.93. The third kappa shape index (κ3) is 4.11. The Bertz CT molecular complexity index is 1120. The van der Waals surface area contributed by atoms with Crippen LogP contribution in [-0.2, 0) is 6.42 Å². The van der Waals surface area contributed by atoms with Gasteiger partial charge in [0.25, 0.3) is 5.91 Å². The van der Waals surface area contributed by atoms with E-state index in [4.69, 9.17) is 0 Å². The predicted molar refractivity (Wildman–Crippen MR) is 117 cm³/mol. The highest BCUT2D eigenvalue weighted by Gasteiger charge is 2.18. The lowest BCUT2D eigenvalue weighted by Gasteiger charge is -2.12. The number of hydrogen-bond acceptors (Lipinski definition) is 3. The average Bonchev–Trinajstić information content (AvgIpc) is 3.21. The zero-order valence-corrected chi connectivity index (χ0v) is 16.7. The molecule has 0 radical (unpaired) electrons. The number of hydrogen-bond donors (Lipinski definition) is 0. The molecule has 0 saturated heterocycles. The second-order valence-corrected chi connectivity index (χ2v) is 7.35. The van der Waals surface area contributed by atoms with Gasteiger partial charge >= 0.3 is 0 Å². The van der Waals surface area contributed by atoms with Crippen LogP contribution in [-0.4, -0.2) is 20.9 Å². The Labute approximate surface area is 171 Å². The average molecular weight is 383 g/mol. The minimum atomic E-state index is -0.157. The van der Waals surface area contributed by atoms with Crippen molar-refractivity contribution in [2.24, 2.45) is 0 Å². The highest BCUT2D eigenvalue weighted by atomic mass is 16.2. The molecule has 0 atom stereocenters. The monoisotopic (exact) mass is 383 g/mol. The fraction of sp³-hybridized carbons (Fsp3) is 0.240. The van der Waals surface area contributed by atoms with E-state index in [0.717, 1.165) is 28.6 Å². The molecule has 3 aromatic carbocycles. The molecule has 0 aliphatic carbocycles. The second kappa shape index (κ2) is 8.82. The number of aromatic nitrogens is 3. The van der Waals surface area contributed by atoms with Gasteiger partial charge in [-0.2, -0.15) is 4.68 Å². The SMILES string of the molecule is CCCCCCc1ccc(C(=O)n2nnc3ccccc32)c(-c2ccccc2)c1. The van der Waals surface area contributed by atoms with E-state index in [1.165, 1.54) is 35.9 Å². The van der Waals surface area contributed by atoms with Crippen LogP contribution in [0, 0.1) is 0 Å². The normalized spacial score (nSPS) is 11.1. The van der Waals surface area contributed by atoms with Gasteiger partial charge in [-0.3, -0.25) is 4.79 Å². The second-order valence-electron chi connectivity index (χ2n) is 7.35. The zero-order chi connectivity index (χ0) is 20.1. The first-order valence-electron chi connectivity index (χ1n) is 10.3. The highest BCUT2D eigenvalue weighted by molar-refractivity contribution is 6.05. The molecule has 0 aliphatic rings. The fourth-order valence-electron chi connectivity index (χ4n) is 3.68. The Hall–Kier alpha value is -3.27. The first-order chi connectivity index (χ1) is 14.3. The summed E-state index contributed by atoms with van der Waals surface area (Å²) in [5, 5.41) is 8.25. The number of aryl methyl sites for hydroxylation is 1. The van der Waals surface area contributed by atoms with Gasteiger partial charge in [-0.25, -0.2) is 0 Å². The van der Waals surface area contributed by atoms with Crippen molar-refractivity contribution in [3.8, 4) is 11.1 Å². The van der Waals surface area contributed by atoms with E-state index in [-0.39, 0.29) is 5.91 Å². The topological polar surface area (TPSA) is 47.8 Å². The van der Waals surface area contributed by atoms with Crippen molar-refractivity contribution >= 4 is 16.9 Å². The van der Waals surface area contributed by atoms with Crippen LogP contribution in [0.2, 0.25) is 0 Å². The summed E-state index contributed by atoms with van der Waals surface area (Å²) < 4.78 is 1.40. The molecule has 29 heavy (non-hydrogen) atoms. The van der Waals surface area contributed by atoms with Gasteiger partial charge in [0.05, 0.1) is 5.52 Å². The Morgan fingerprint density at radius 3 is 2.52 bits per heavy atom. The molecule has 4 nitrogen and oxygen atoms in total. The summed E-state index contributed by atoms with van der Waals surface area (Å²) in [6.45, 7) is 2.22. The van der Waals surface area contributed by atoms with E-state index in [9.17, 15) is 4.79 Å². The van der Waals surface area contributed by atoms with Crippen molar-refractivity contribution in [1.29, 1.82) is 0 Å². The highest BCUT2D eigenvalue weighted by Crippen LogP contribution is 2.27. The molecule has 0 saturated carbocycles. The Kier molecular flexibility index (Phi) is 5.80. The van der Waals surface area contributed by atoms with Gasteiger partial charge in [0.1, 0.15) is 5.52 Å². The molecule has 0 spiro atoms. The number of fused-ring (bicyclic) bond motifs is 1. The summed E-state index contributed by atoms with van der Waals surface area (Å²) in [7, 11) is 0. The number of para-hydroxylation sites is 1. The first kappa shape index (κ1) is 19.1. The van der Waals surface area contributed by atoms with Gasteiger partial charge in [0.2, 0.25) is 0 Å². The van der Waals surface area contributed by atoms with Gasteiger partial charge in [-0.05, 0) is 47.7 Å². The number of rotatable bonds is 7. The summed E-state index contributed by atoms with van der Waals surface area (Å²) in [5.74, 6) is -0.157. The minimum absolute atomic E-state index is 0.157. The van der Waals surface area contributed by atoms with E-state index < -0.39 is 0 Å². The standard InChI is InChI=1S/C25H25N3O/c1-2-3-4-6-11-19-16-17-21(22(18-19)20-12-7-5-8-13-20)25(29)28-24-15-10-9-14-23(24)26-27-28/h5,7-10,12-18H,2-4,6,11H2,1H3. The van der Waals surface area contributed by atoms with Crippen molar-refractivity contribution in [3.05, 3.63) is 83.9 Å². The lowest BCUT2D eigenvalue weighted by atomic mass is 9.94. The lowest BCUT2D eigenvalue weighted by molar-refractivity contribution is 0.0949. The van der Waals surface area contributed by atoms with E-state index in [0.29, 0.717) is 5.56 Å². The number of unbranched alkanes of at least 4 members (excludes halogenated alkanes) is 3. The maximum atomic E-state index is 13.4. The van der Waals surface area contributed by atoms with E-state index in [1.54, 1.807) is 0 Å². The number of carbonyl (C=O) groups excluding carboxylic acids is 1. The molecule has 4 rings (SSSR count). The summed E-state index contributed by atoms with van der Waals surface area (Å²) in [5.41, 5.74) is 5.33. The molecule has 0 bridgehead atoms. The summed E-state index contributed by atoms with van der Waals surface area (Å²) >= 11 is 0. The molecule has 1 aromatic heterocycles. The van der Waals surface area contributed by atoms with Gasteiger partial charge in [-0.15, -0.1) is 5.10 Å². The van der Waals surface area contributed by atoms with Crippen molar-refractivity contribution < 1.29 is 4.79 Å². The summed E-state index contributed by atoms with van der Waals surface area (Å²) in [4.78, 5) is 13.4. The predicted octanol–water partition coefficient (Wildman–Crippen LogP) is 5.91. The van der Waals surface area contributed by atoms with Crippen LogP contribution in [0.1, 0.15) is 48.5 Å². The maximum absolute atomic E-state index is 13.4.